The van der Waals surface area contributed by atoms with Gasteiger partial charge in [0, 0.05) is 4.47 Å². The van der Waals surface area contributed by atoms with Gasteiger partial charge in [0.05, 0.1) is 0 Å². The van der Waals surface area contributed by atoms with E-state index in [9.17, 15) is 9.18 Å². The second-order valence-corrected chi connectivity index (χ2v) is 3.60. The summed E-state index contributed by atoms with van der Waals surface area (Å²) in [6.07, 6.45) is -2.32. The number of carboxylic acid groups (broad SMARTS) is 1. The van der Waals surface area contributed by atoms with Crippen LogP contribution in [0, 0.1) is 6.92 Å². The zero-order valence-electron chi connectivity index (χ0n) is 7.33. The molecule has 0 aliphatic heterocycles. The molecule has 0 fully saturated rings. The van der Waals surface area contributed by atoms with Gasteiger partial charge in [-0.05, 0) is 30.7 Å². The Balaban J connectivity index is 2.82. The molecule has 0 amide bonds. The minimum absolute atomic E-state index is 0.225. The lowest BCUT2D eigenvalue weighted by Crippen LogP contribution is -2.21. The van der Waals surface area contributed by atoms with Crippen molar-refractivity contribution in [2.45, 2.75) is 13.3 Å². The van der Waals surface area contributed by atoms with Crippen LogP contribution in [-0.4, -0.2) is 17.4 Å². The minimum Gasteiger partial charge on any atom is -0.476 e. The number of alkyl halides is 1. The molecule has 1 rings (SSSR count). The predicted molar refractivity (Wildman–Crippen MR) is 52.0 cm³/mol. The van der Waals surface area contributed by atoms with Crippen LogP contribution in [-0.2, 0) is 4.79 Å². The van der Waals surface area contributed by atoms with Crippen LogP contribution in [0.4, 0.5) is 4.39 Å². The lowest BCUT2D eigenvalue weighted by Gasteiger charge is -2.09. The minimum atomic E-state index is -2.32. The lowest BCUT2D eigenvalue weighted by molar-refractivity contribution is -0.153. The molecule has 0 aliphatic carbocycles. The molecule has 1 aromatic rings. The highest BCUT2D eigenvalue weighted by atomic mass is 79.9. The molecule has 0 aliphatic rings. The van der Waals surface area contributed by atoms with Crippen molar-refractivity contribution < 1.29 is 19.0 Å². The second-order valence-electron chi connectivity index (χ2n) is 2.68. The Morgan fingerprint density at radius 2 is 2.29 bits per heavy atom. The summed E-state index contributed by atoms with van der Waals surface area (Å²) in [4.78, 5) is 10.2. The smallest absolute Gasteiger partial charge is 0.378 e. The van der Waals surface area contributed by atoms with Crippen molar-refractivity contribution in [3.8, 4) is 5.75 Å². The van der Waals surface area contributed by atoms with E-state index in [1.807, 2.05) is 0 Å². The summed E-state index contributed by atoms with van der Waals surface area (Å²) in [5.41, 5.74) is 0.670. The van der Waals surface area contributed by atoms with Gasteiger partial charge in [-0.1, -0.05) is 15.9 Å². The molecule has 5 heteroatoms. The fraction of sp³-hybridized carbons (Fsp3) is 0.222. The van der Waals surface area contributed by atoms with E-state index in [1.165, 1.54) is 6.07 Å². The zero-order chi connectivity index (χ0) is 10.7. The molecule has 76 valence electrons. The normalized spacial score (nSPS) is 12.2. The Kier molecular flexibility index (Phi) is 3.46. The third-order valence-electron chi connectivity index (χ3n) is 1.56. The van der Waals surface area contributed by atoms with E-state index in [1.54, 1.807) is 19.1 Å². The fourth-order valence-electron chi connectivity index (χ4n) is 0.907. The number of hydrogen-bond acceptors (Lipinski definition) is 2. The largest absolute Gasteiger partial charge is 0.476 e. The maximum absolute atomic E-state index is 12.7. The van der Waals surface area contributed by atoms with Crippen LogP contribution in [0.15, 0.2) is 22.7 Å². The third kappa shape index (κ3) is 2.70. The average molecular weight is 263 g/mol. The van der Waals surface area contributed by atoms with Crippen molar-refractivity contribution in [1.29, 1.82) is 0 Å². The number of rotatable bonds is 3. The Labute approximate surface area is 88.6 Å². The van der Waals surface area contributed by atoms with Crippen molar-refractivity contribution in [1.82, 2.24) is 0 Å². The second kappa shape index (κ2) is 4.41. The van der Waals surface area contributed by atoms with E-state index < -0.39 is 12.3 Å². The summed E-state index contributed by atoms with van der Waals surface area (Å²) in [5, 5.41) is 8.28. The number of aliphatic carboxylic acids is 1. The van der Waals surface area contributed by atoms with E-state index in [2.05, 4.69) is 20.7 Å². The van der Waals surface area contributed by atoms with Crippen LogP contribution in [0.25, 0.3) is 0 Å². The molecule has 14 heavy (non-hydrogen) atoms. The quantitative estimate of drug-likeness (QED) is 0.911. The lowest BCUT2D eigenvalue weighted by atomic mass is 10.2. The Bertz CT molecular complexity index is 354. The summed E-state index contributed by atoms with van der Waals surface area (Å²) in [6, 6.07) is 4.87. The monoisotopic (exact) mass is 262 g/mol. The first kappa shape index (κ1) is 11.0. The summed E-state index contributed by atoms with van der Waals surface area (Å²) < 4.78 is 18.1. The fourth-order valence-corrected chi connectivity index (χ4v) is 1.38. The zero-order valence-corrected chi connectivity index (χ0v) is 8.92. The number of ether oxygens (including phenoxy) is 1. The van der Waals surface area contributed by atoms with Crippen LogP contribution < -0.4 is 4.74 Å². The number of halogens is 2. The van der Waals surface area contributed by atoms with E-state index in [-0.39, 0.29) is 5.75 Å². The maximum atomic E-state index is 12.7. The molecule has 0 saturated carbocycles. The van der Waals surface area contributed by atoms with Gasteiger partial charge in [-0.3, -0.25) is 0 Å². The van der Waals surface area contributed by atoms with Crippen molar-refractivity contribution in [2.24, 2.45) is 0 Å². The Hall–Kier alpha value is -1.10. The molecular formula is C9H8BrFO3. The molecule has 1 N–H and O–H groups in total. The number of aryl methyl sites for hydroxylation is 1. The molecule has 0 saturated heterocycles. The number of carboxylic acids is 1. The van der Waals surface area contributed by atoms with Gasteiger partial charge in [0.25, 0.3) is 0 Å². The van der Waals surface area contributed by atoms with E-state index in [4.69, 9.17) is 5.11 Å². The molecule has 3 nitrogen and oxygen atoms in total. The molecule has 1 atom stereocenters. The number of hydrogen-bond donors (Lipinski definition) is 1. The van der Waals surface area contributed by atoms with Gasteiger partial charge in [-0.15, -0.1) is 0 Å². The Morgan fingerprint density at radius 1 is 1.64 bits per heavy atom. The highest BCUT2D eigenvalue weighted by Gasteiger charge is 2.17. The van der Waals surface area contributed by atoms with Crippen molar-refractivity contribution >= 4 is 21.9 Å². The first-order valence-electron chi connectivity index (χ1n) is 3.80. The summed E-state index contributed by atoms with van der Waals surface area (Å²) in [7, 11) is 0. The molecule has 0 heterocycles. The van der Waals surface area contributed by atoms with Gasteiger partial charge in [-0.2, -0.15) is 4.39 Å². The van der Waals surface area contributed by atoms with Crippen LogP contribution >= 0.6 is 15.9 Å². The number of benzene rings is 1. The van der Waals surface area contributed by atoms with Gasteiger partial charge in [0.1, 0.15) is 5.75 Å². The molecular weight excluding hydrogens is 255 g/mol. The van der Waals surface area contributed by atoms with Gasteiger partial charge in [0.15, 0.2) is 0 Å². The molecule has 0 spiro atoms. The highest BCUT2D eigenvalue weighted by molar-refractivity contribution is 9.10. The summed E-state index contributed by atoms with van der Waals surface area (Å²) in [5.74, 6) is -1.41. The van der Waals surface area contributed by atoms with Crippen molar-refractivity contribution in [3.63, 3.8) is 0 Å². The van der Waals surface area contributed by atoms with E-state index in [0.717, 1.165) is 4.47 Å². The molecule has 0 bridgehead atoms. The van der Waals surface area contributed by atoms with Gasteiger partial charge < -0.3 is 9.84 Å². The van der Waals surface area contributed by atoms with E-state index in [0.29, 0.717) is 5.56 Å². The molecule has 1 aromatic carbocycles. The van der Waals surface area contributed by atoms with Crippen molar-refractivity contribution in [3.05, 3.63) is 28.2 Å². The predicted octanol–water partition coefficient (Wildman–Crippen LogP) is 2.52. The maximum Gasteiger partial charge on any atom is 0.378 e. The average Bonchev–Trinajstić information content (AvgIpc) is 2.09. The van der Waals surface area contributed by atoms with Crippen molar-refractivity contribution in [2.75, 3.05) is 0 Å². The summed E-state index contributed by atoms with van der Waals surface area (Å²) in [6.45, 7) is 1.70. The van der Waals surface area contributed by atoms with Gasteiger partial charge in [0.2, 0.25) is 0 Å². The van der Waals surface area contributed by atoms with Crippen LogP contribution in [0.2, 0.25) is 0 Å². The summed E-state index contributed by atoms with van der Waals surface area (Å²) >= 11 is 3.23. The topological polar surface area (TPSA) is 46.5 Å². The van der Waals surface area contributed by atoms with Gasteiger partial charge >= 0.3 is 12.3 Å². The first-order chi connectivity index (χ1) is 6.50. The van der Waals surface area contributed by atoms with E-state index >= 15 is 0 Å². The number of carbonyl (C=O) groups is 1. The van der Waals surface area contributed by atoms with Crippen LogP contribution in [0.5, 0.6) is 5.75 Å². The molecule has 0 radical (unpaired) electrons. The Morgan fingerprint density at radius 3 is 2.79 bits per heavy atom. The third-order valence-corrected chi connectivity index (χ3v) is 2.05. The standard InChI is InChI=1S/C9H8BrFO3/c1-5-4-6(10)2-3-7(5)14-8(11)9(12)13/h2-4,8H,1H3,(H,12,13). The SMILES string of the molecule is Cc1cc(Br)ccc1OC(F)C(=O)O. The van der Waals surface area contributed by atoms with Crippen LogP contribution in [0.3, 0.4) is 0 Å². The van der Waals surface area contributed by atoms with Crippen LogP contribution in [0.1, 0.15) is 5.56 Å². The highest BCUT2D eigenvalue weighted by Crippen LogP contribution is 2.23. The van der Waals surface area contributed by atoms with Gasteiger partial charge in [-0.25, -0.2) is 4.79 Å². The molecule has 0 aromatic heterocycles. The molecule has 1 unspecified atom stereocenters. The first-order valence-corrected chi connectivity index (χ1v) is 4.59.